The molecule has 6 heteroatoms. The van der Waals surface area contributed by atoms with E-state index in [-0.39, 0.29) is 11.9 Å². The third kappa shape index (κ3) is 4.77. The van der Waals surface area contributed by atoms with Gasteiger partial charge in [-0.05, 0) is 36.4 Å². The summed E-state index contributed by atoms with van der Waals surface area (Å²) in [6.45, 7) is 0.660. The molecule has 0 aliphatic carbocycles. The molecule has 0 aromatic heterocycles. The molecular weight excluding hydrogens is 201 g/mol. The molecule has 4 nitrogen and oxygen atoms in total. The first-order valence-electron chi connectivity index (χ1n) is 3.67. The van der Waals surface area contributed by atoms with Crippen LogP contribution < -0.4 is 15.0 Å². The molecule has 3 N–H and O–H groups in total. The zero-order chi connectivity index (χ0) is 9.40. The summed E-state index contributed by atoms with van der Waals surface area (Å²) in [7, 11) is 1.57. The molecule has 0 aromatic rings. The average Bonchev–Trinajstić information content (AvgIpc) is 2.11. The summed E-state index contributed by atoms with van der Waals surface area (Å²) >= 11 is 10.6. The first kappa shape index (κ1) is 12.0. The number of likely N-dealkylation sites (N-methyl/N-ethyl adjacent to an activating group) is 1. The van der Waals surface area contributed by atoms with E-state index in [1.165, 1.54) is 0 Å². The van der Waals surface area contributed by atoms with Crippen LogP contribution >= 0.6 is 23.6 Å². The van der Waals surface area contributed by atoms with Gasteiger partial charge in [-0.15, -0.1) is 0 Å². The minimum absolute atomic E-state index is 0.112. The van der Waals surface area contributed by atoms with Crippen molar-refractivity contribution in [1.29, 1.82) is 0 Å². The first-order valence-corrected chi connectivity index (χ1v) is 4.43. The molecule has 1 amide bonds. The fourth-order valence-corrected chi connectivity index (χ4v) is 1.12. The Morgan fingerprint density at radius 3 is 2.58 bits per heavy atom. The summed E-state index contributed by atoms with van der Waals surface area (Å²) < 4.78 is 0. The molecule has 0 rings (SSSR count). The van der Waals surface area contributed by atoms with Gasteiger partial charge in [0, 0.05) is 13.6 Å². The minimum atomic E-state index is -0.346. The molecule has 0 aromatic carbocycles. The highest BCUT2D eigenvalue weighted by Crippen LogP contribution is 1.97. The second-order valence-corrected chi connectivity index (χ2v) is 2.79. The van der Waals surface area contributed by atoms with Crippen molar-refractivity contribution in [3.05, 3.63) is 0 Å². The van der Waals surface area contributed by atoms with Crippen LogP contribution in [0.25, 0.3) is 0 Å². The number of carbonyl (C=O) groups is 1. The number of amides is 1. The van der Waals surface area contributed by atoms with Crippen LogP contribution in [0.5, 0.6) is 0 Å². The van der Waals surface area contributed by atoms with Gasteiger partial charge in [-0.25, -0.2) is 9.67 Å². The quantitative estimate of drug-likeness (QED) is 0.442. The predicted molar refractivity (Wildman–Crippen MR) is 49.9 cm³/mol. The van der Waals surface area contributed by atoms with Crippen LogP contribution in [0.15, 0.2) is 0 Å². The smallest absolute Gasteiger partial charge is 0.238 e. The predicted octanol–water partition coefficient (Wildman–Crippen LogP) is 0.368. The van der Waals surface area contributed by atoms with Crippen molar-refractivity contribution in [2.24, 2.45) is 0 Å². The summed E-state index contributed by atoms with van der Waals surface area (Å²) in [5, 5.41) is 2.50. The molecule has 0 spiro atoms. The number of nitrogens with one attached hydrogen (secondary N) is 3. The van der Waals surface area contributed by atoms with Gasteiger partial charge in [-0.1, -0.05) is 0 Å². The fraction of sp³-hybridized carbons (Fsp3) is 0.833. The first-order chi connectivity index (χ1) is 5.76. The highest BCUT2D eigenvalue weighted by molar-refractivity contribution is 6.15. The van der Waals surface area contributed by atoms with Gasteiger partial charge >= 0.3 is 0 Å². The molecule has 0 saturated carbocycles. The van der Waals surface area contributed by atoms with Crippen molar-refractivity contribution in [2.75, 3.05) is 13.6 Å². The Hall–Kier alpha value is -0.0300. The van der Waals surface area contributed by atoms with E-state index >= 15 is 0 Å². The molecule has 0 saturated heterocycles. The fourth-order valence-electron chi connectivity index (χ4n) is 0.782. The van der Waals surface area contributed by atoms with Crippen LogP contribution in [0.2, 0.25) is 0 Å². The van der Waals surface area contributed by atoms with E-state index in [2.05, 4.69) is 15.0 Å². The summed E-state index contributed by atoms with van der Waals surface area (Å²) in [6.07, 6.45) is 1.45. The molecule has 72 valence electrons. The van der Waals surface area contributed by atoms with Crippen LogP contribution in [-0.2, 0) is 4.79 Å². The maximum Gasteiger partial charge on any atom is 0.238 e. The molecule has 0 aliphatic heterocycles. The highest BCUT2D eigenvalue weighted by atomic mass is 35.5. The van der Waals surface area contributed by atoms with E-state index < -0.39 is 0 Å². The van der Waals surface area contributed by atoms with Gasteiger partial charge in [-0.3, -0.25) is 4.79 Å². The summed E-state index contributed by atoms with van der Waals surface area (Å²) in [4.78, 5) is 15.9. The van der Waals surface area contributed by atoms with E-state index in [1.54, 1.807) is 7.05 Å². The third-order valence-corrected chi connectivity index (χ3v) is 1.91. The van der Waals surface area contributed by atoms with Crippen LogP contribution in [-0.4, -0.2) is 25.5 Å². The van der Waals surface area contributed by atoms with Gasteiger partial charge in [0.1, 0.15) is 6.04 Å². The highest BCUT2D eigenvalue weighted by Gasteiger charge is 2.14. The lowest BCUT2D eigenvalue weighted by atomic mass is 10.1. The molecule has 1 atom stereocenters. The summed E-state index contributed by atoms with van der Waals surface area (Å²) in [5.41, 5.74) is 0. The zero-order valence-electron chi connectivity index (χ0n) is 6.86. The van der Waals surface area contributed by atoms with Gasteiger partial charge in [0.25, 0.3) is 0 Å². The molecule has 12 heavy (non-hydrogen) atoms. The number of hydrogen-bond donors (Lipinski definition) is 3. The number of carbonyl (C=O) groups excluding carboxylic acids is 1. The molecule has 0 unspecified atom stereocenters. The lowest BCUT2D eigenvalue weighted by Gasteiger charge is -2.11. The van der Waals surface area contributed by atoms with E-state index in [0.29, 0.717) is 13.0 Å². The maximum atomic E-state index is 11.0. The number of halogens is 2. The van der Waals surface area contributed by atoms with Crippen LogP contribution in [0, 0.1) is 0 Å². The molecule has 0 fully saturated rings. The Bertz CT molecular complexity index is 134. The molecule has 0 radical (unpaired) electrons. The minimum Gasteiger partial charge on any atom is -0.358 e. The van der Waals surface area contributed by atoms with Gasteiger partial charge in [0.15, 0.2) is 0 Å². The zero-order valence-corrected chi connectivity index (χ0v) is 8.37. The Balaban J connectivity index is 3.60. The Labute approximate surface area is 82.2 Å². The molecular formula is C6H13Cl2N3O. The van der Waals surface area contributed by atoms with Crippen molar-refractivity contribution < 1.29 is 4.79 Å². The normalized spacial score (nSPS) is 12.6. The average molecular weight is 214 g/mol. The van der Waals surface area contributed by atoms with Crippen LogP contribution in [0.1, 0.15) is 12.8 Å². The van der Waals surface area contributed by atoms with Gasteiger partial charge < -0.3 is 5.32 Å². The van der Waals surface area contributed by atoms with E-state index in [4.69, 9.17) is 23.6 Å². The summed E-state index contributed by atoms with van der Waals surface area (Å²) in [5.74, 6) is -0.112. The Morgan fingerprint density at radius 1 is 1.50 bits per heavy atom. The third-order valence-electron chi connectivity index (χ3n) is 1.46. The second kappa shape index (κ2) is 7.61. The van der Waals surface area contributed by atoms with Gasteiger partial charge in [-0.2, -0.15) is 0 Å². The standard InChI is InChI=1S/C6H13Cl2N3O/c1-9-6(12)5(11-8)3-2-4-10-7/h5,10-11H,2-4H2,1H3,(H,9,12)/t5-/m0/s1. The van der Waals surface area contributed by atoms with E-state index in [1.807, 2.05) is 0 Å². The van der Waals surface area contributed by atoms with Crippen molar-refractivity contribution in [1.82, 2.24) is 15.0 Å². The Morgan fingerprint density at radius 2 is 2.17 bits per heavy atom. The van der Waals surface area contributed by atoms with Gasteiger partial charge in [0.2, 0.25) is 5.91 Å². The monoisotopic (exact) mass is 213 g/mol. The lowest BCUT2D eigenvalue weighted by Crippen LogP contribution is -2.39. The van der Waals surface area contributed by atoms with E-state index in [0.717, 1.165) is 6.42 Å². The van der Waals surface area contributed by atoms with Gasteiger partial charge in [0.05, 0.1) is 0 Å². The largest absolute Gasteiger partial charge is 0.358 e. The summed E-state index contributed by atoms with van der Waals surface area (Å²) in [6, 6.07) is -0.346. The van der Waals surface area contributed by atoms with Crippen molar-refractivity contribution in [2.45, 2.75) is 18.9 Å². The molecule has 0 heterocycles. The number of hydrogen-bond acceptors (Lipinski definition) is 3. The van der Waals surface area contributed by atoms with Crippen molar-refractivity contribution in [3.63, 3.8) is 0 Å². The SMILES string of the molecule is CNC(=O)[C@H](CCCNCl)NCl. The van der Waals surface area contributed by atoms with E-state index in [9.17, 15) is 4.79 Å². The van der Waals surface area contributed by atoms with Crippen molar-refractivity contribution >= 4 is 29.5 Å². The molecule has 0 aliphatic rings. The topological polar surface area (TPSA) is 53.2 Å². The molecule has 0 bridgehead atoms. The van der Waals surface area contributed by atoms with Crippen LogP contribution in [0.4, 0.5) is 0 Å². The van der Waals surface area contributed by atoms with Crippen molar-refractivity contribution in [3.8, 4) is 0 Å². The second-order valence-electron chi connectivity index (χ2n) is 2.30. The Kier molecular flexibility index (Phi) is 7.59. The van der Waals surface area contributed by atoms with Crippen LogP contribution in [0.3, 0.4) is 0 Å². The lowest BCUT2D eigenvalue weighted by molar-refractivity contribution is -0.122. The number of rotatable bonds is 6. The maximum absolute atomic E-state index is 11.0.